The van der Waals surface area contributed by atoms with E-state index in [9.17, 15) is 4.79 Å². The van der Waals surface area contributed by atoms with Crippen molar-refractivity contribution in [2.75, 3.05) is 4.66 Å². The summed E-state index contributed by atoms with van der Waals surface area (Å²) in [5.41, 5.74) is 0.724. The van der Waals surface area contributed by atoms with E-state index in [0.29, 0.717) is 0 Å². The topological polar surface area (TPSA) is 17.1 Å². The number of rotatable bonds is 3. The number of thioether (sulfide) groups is 1. The van der Waals surface area contributed by atoms with E-state index in [1.54, 1.807) is 11.8 Å². The van der Waals surface area contributed by atoms with Crippen molar-refractivity contribution in [2.24, 2.45) is 0 Å². The van der Waals surface area contributed by atoms with Crippen molar-refractivity contribution >= 4 is 49.9 Å². The maximum absolute atomic E-state index is 10.7. The molecule has 1 aromatic carbocycles. The average Bonchev–Trinajstić information content (AvgIpc) is 2.05. The van der Waals surface area contributed by atoms with Crippen LogP contribution in [0.3, 0.4) is 0 Å². The molecule has 0 amide bonds. The fourth-order valence-electron chi connectivity index (χ4n) is 0.816. The van der Waals surface area contributed by atoms with Gasteiger partial charge in [0.25, 0.3) is 0 Å². The maximum atomic E-state index is 10.7. The van der Waals surface area contributed by atoms with E-state index < -0.39 is 0 Å². The van der Waals surface area contributed by atoms with Gasteiger partial charge in [-0.1, -0.05) is 37.9 Å². The highest BCUT2D eigenvalue weighted by Gasteiger charge is 2.04. The summed E-state index contributed by atoms with van der Waals surface area (Å²) in [4.78, 5) is 11.7. The summed E-state index contributed by atoms with van der Waals surface area (Å²) in [5.74, 6) is 0. The van der Waals surface area contributed by atoms with Crippen molar-refractivity contribution in [1.29, 1.82) is 0 Å². The van der Waals surface area contributed by atoms with Crippen LogP contribution in [0.1, 0.15) is 10.4 Å². The van der Waals surface area contributed by atoms with Crippen LogP contribution in [0.25, 0.3) is 0 Å². The molecule has 0 bridgehead atoms. The average molecular weight is 310 g/mol. The van der Waals surface area contributed by atoms with Gasteiger partial charge in [0.1, 0.15) is 0 Å². The highest BCUT2D eigenvalue weighted by Crippen LogP contribution is 2.28. The Morgan fingerprint density at radius 1 is 1.50 bits per heavy atom. The van der Waals surface area contributed by atoms with Crippen LogP contribution in [-0.2, 0) is 0 Å². The molecule has 0 aliphatic carbocycles. The molecule has 0 spiro atoms. The minimum atomic E-state index is 0.724. The Kier molecular flexibility index (Phi) is 4.32. The highest BCUT2D eigenvalue weighted by molar-refractivity contribution is 9.11. The van der Waals surface area contributed by atoms with Crippen LogP contribution in [0, 0.1) is 0 Å². The summed E-state index contributed by atoms with van der Waals surface area (Å²) in [6.45, 7) is 0. The number of halogens is 2. The van der Waals surface area contributed by atoms with Crippen LogP contribution in [0.5, 0.6) is 0 Å². The first-order chi connectivity index (χ1) is 5.79. The van der Waals surface area contributed by atoms with E-state index in [1.165, 1.54) is 0 Å². The van der Waals surface area contributed by atoms with Crippen molar-refractivity contribution in [3.8, 4) is 0 Å². The largest absolute Gasteiger partial charge is 0.298 e. The molecule has 1 nitrogen and oxygen atoms in total. The molecule has 0 N–H and O–H groups in total. The van der Waals surface area contributed by atoms with Gasteiger partial charge >= 0.3 is 0 Å². The van der Waals surface area contributed by atoms with Gasteiger partial charge in [-0.25, -0.2) is 0 Å². The fourth-order valence-corrected chi connectivity index (χ4v) is 2.75. The van der Waals surface area contributed by atoms with Gasteiger partial charge in [-0.3, -0.25) is 4.79 Å². The van der Waals surface area contributed by atoms with Gasteiger partial charge in [-0.2, -0.15) is 0 Å². The first kappa shape index (κ1) is 10.3. The first-order valence-corrected chi connectivity index (χ1v) is 6.12. The molecule has 0 aromatic heterocycles. The van der Waals surface area contributed by atoms with Gasteiger partial charge in [-0.05, 0) is 12.1 Å². The molecular weight excluding hydrogens is 304 g/mol. The van der Waals surface area contributed by atoms with Crippen molar-refractivity contribution in [3.63, 3.8) is 0 Å². The first-order valence-electron chi connectivity index (χ1n) is 3.22. The Labute approximate surface area is 92.2 Å². The maximum Gasteiger partial charge on any atom is 0.152 e. The number of benzene rings is 1. The second-order valence-electron chi connectivity index (χ2n) is 2.02. The molecule has 1 aromatic rings. The quantitative estimate of drug-likeness (QED) is 0.481. The number of hydrogen-bond donors (Lipinski definition) is 0. The second-order valence-corrected chi connectivity index (χ2v) is 5.20. The van der Waals surface area contributed by atoms with Gasteiger partial charge in [0.05, 0.1) is 4.66 Å². The lowest BCUT2D eigenvalue weighted by molar-refractivity contribution is 0.112. The van der Waals surface area contributed by atoms with E-state index in [1.807, 2.05) is 18.2 Å². The molecular formula is C8H6Br2OS. The van der Waals surface area contributed by atoms with Crippen LogP contribution in [0.2, 0.25) is 0 Å². The molecule has 1 rings (SSSR count). The van der Waals surface area contributed by atoms with E-state index in [2.05, 4.69) is 31.9 Å². The third-order valence-electron chi connectivity index (χ3n) is 1.34. The van der Waals surface area contributed by atoms with Crippen LogP contribution in [0.4, 0.5) is 0 Å². The zero-order valence-corrected chi connectivity index (χ0v) is 10.1. The van der Waals surface area contributed by atoms with E-state index in [4.69, 9.17) is 0 Å². The summed E-state index contributed by atoms with van der Waals surface area (Å²) in [7, 11) is 0. The molecule has 0 aliphatic rings. The van der Waals surface area contributed by atoms with E-state index in [-0.39, 0.29) is 0 Å². The molecule has 64 valence electrons. The summed E-state index contributed by atoms with van der Waals surface area (Å²) >= 11 is 8.22. The summed E-state index contributed by atoms with van der Waals surface area (Å²) in [5, 5.41) is 0. The van der Waals surface area contributed by atoms with Crippen LogP contribution < -0.4 is 0 Å². The van der Waals surface area contributed by atoms with Crippen molar-refractivity contribution < 1.29 is 4.79 Å². The van der Waals surface area contributed by atoms with Gasteiger partial charge < -0.3 is 0 Å². The predicted octanol–water partition coefficient (Wildman–Crippen LogP) is 3.71. The molecule has 0 radical (unpaired) electrons. The van der Waals surface area contributed by atoms with Crippen LogP contribution in [-0.4, -0.2) is 10.9 Å². The van der Waals surface area contributed by atoms with Crippen LogP contribution in [0.15, 0.2) is 27.6 Å². The molecule has 0 aliphatic heterocycles. The van der Waals surface area contributed by atoms with Crippen LogP contribution >= 0.6 is 43.6 Å². The summed E-state index contributed by atoms with van der Waals surface area (Å²) in [6.07, 6.45) is 0.870. The Morgan fingerprint density at radius 2 is 2.25 bits per heavy atom. The molecule has 0 saturated carbocycles. The lowest BCUT2D eigenvalue weighted by Gasteiger charge is -2.02. The molecule has 0 saturated heterocycles. The molecule has 0 unspecified atom stereocenters. The zero-order chi connectivity index (χ0) is 8.97. The Balaban J connectivity index is 3.09. The summed E-state index contributed by atoms with van der Waals surface area (Å²) in [6, 6.07) is 5.71. The van der Waals surface area contributed by atoms with Gasteiger partial charge in [-0.15, -0.1) is 11.8 Å². The summed E-state index contributed by atoms with van der Waals surface area (Å²) < 4.78 is 1.65. The van der Waals surface area contributed by atoms with E-state index in [0.717, 1.165) is 25.9 Å². The number of alkyl halides is 1. The highest BCUT2D eigenvalue weighted by atomic mass is 79.9. The SMILES string of the molecule is O=Cc1c(Br)cccc1SCBr. The van der Waals surface area contributed by atoms with Crippen molar-refractivity contribution in [2.45, 2.75) is 4.90 Å². The predicted molar refractivity (Wildman–Crippen MR) is 59.2 cm³/mol. The lowest BCUT2D eigenvalue weighted by Crippen LogP contribution is -1.86. The minimum Gasteiger partial charge on any atom is -0.298 e. The molecule has 0 heterocycles. The standard InChI is InChI=1S/C8H6Br2OS/c9-5-12-8-3-1-2-7(10)6(8)4-11/h1-4H,5H2. The number of aldehydes is 1. The smallest absolute Gasteiger partial charge is 0.152 e. The fraction of sp³-hybridized carbons (Fsp3) is 0.125. The monoisotopic (exact) mass is 308 g/mol. The van der Waals surface area contributed by atoms with E-state index >= 15 is 0 Å². The Morgan fingerprint density at radius 3 is 2.83 bits per heavy atom. The number of carbonyl (C=O) groups excluding carboxylic acids is 1. The molecule has 4 heteroatoms. The third kappa shape index (κ3) is 2.34. The van der Waals surface area contributed by atoms with Gasteiger partial charge in [0, 0.05) is 14.9 Å². The molecule has 12 heavy (non-hydrogen) atoms. The lowest BCUT2D eigenvalue weighted by atomic mass is 10.2. The van der Waals surface area contributed by atoms with Crippen molar-refractivity contribution in [3.05, 3.63) is 28.2 Å². The van der Waals surface area contributed by atoms with Gasteiger partial charge in [0.2, 0.25) is 0 Å². The molecule has 0 fully saturated rings. The second kappa shape index (κ2) is 5.04. The number of hydrogen-bond acceptors (Lipinski definition) is 2. The zero-order valence-electron chi connectivity index (χ0n) is 6.09. The minimum absolute atomic E-state index is 0.724. The number of carbonyl (C=O) groups is 1. The van der Waals surface area contributed by atoms with Gasteiger partial charge in [0.15, 0.2) is 6.29 Å². The molecule has 0 atom stereocenters. The normalized spacial score (nSPS) is 9.83. The third-order valence-corrected chi connectivity index (χ3v) is 3.50. The van der Waals surface area contributed by atoms with Crippen molar-refractivity contribution in [1.82, 2.24) is 0 Å². The Hall–Kier alpha value is 0.200. The Bertz CT molecular complexity index is 288.